The molecule has 0 radical (unpaired) electrons. The van der Waals surface area contributed by atoms with Crippen molar-refractivity contribution in [3.05, 3.63) is 109 Å². The standard InChI is InChI=1S/C40H43N13O2/c41-37(42)50-28-14-13-27(21-7-1-2-8-22(21)28)49-31-19-32(53-40(47)48)36(55-34-18-16-30(52-39(45)46)24-10-4-6-12-26(24)34)20-35(31)54-33-17-15-29(51-38(43)44)23-9-3-5-11-25(23)33/h1-18,31-32,35-36,49H,19-20H2,(H4,41,42,50)(H4,43,44,51)(H4,45,46,52)(H4,47,48,53)/t31-,32+,35-,36+/m0/s1. The van der Waals surface area contributed by atoms with Crippen molar-refractivity contribution in [2.24, 2.45) is 65.8 Å². The van der Waals surface area contributed by atoms with Gasteiger partial charge in [-0.1, -0.05) is 72.8 Å². The molecule has 15 heteroatoms. The zero-order valence-electron chi connectivity index (χ0n) is 29.8. The lowest BCUT2D eigenvalue weighted by Gasteiger charge is -2.40. The van der Waals surface area contributed by atoms with Gasteiger partial charge in [0, 0.05) is 44.4 Å². The van der Waals surface area contributed by atoms with Crippen LogP contribution in [0.1, 0.15) is 12.8 Å². The van der Waals surface area contributed by atoms with Gasteiger partial charge < -0.3 is 60.7 Å². The fourth-order valence-corrected chi connectivity index (χ4v) is 7.21. The van der Waals surface area contributed by atoms with Gasteiger partial charge in [-0.05, 0) is 42.8 Å². The smallest absolute Gasteiger partial charge is 0.191 e. The third-order valence-electron chi connectivity index (χ3n) is 9.42. The molecule has 0 aromatic heterocycles. The maximum absolute atomic E-state index is 7.01. The van der Waals surface area contributed by atoms with Crippen molar-refractivity contribution in [2.45, 2.75) is 37.1 Å². The van der Waals surface area contributed by atoms with Crippen molar-refractivity contribution in [3.8, 4) is 11.5 Å². The van der Waals surface area contributed by atoms with Gasteiger partial charge in [0.25, 0.3) is 0 Å². The summed E-state index contributed by atoms with van der Waals surface area (Å²) in [6.45, 7) is 0. The Morgan fingerprint density at radius 2 is 0.873 bits per heavy atom. The Bertz CT molecular complexity index is 2500. The van der Waals surface area contributed by atoms with Crippen LogP contribution in [0.4, 0.5) is 22.7 Å². The van der Waals surface area contributed by atoms with Gasteiger partial charge >= 0.3 is 0 Å². The van der Waals surface area contributed by atoms with E-state index < -0.39 is 18.2 Å². The van der Waals surface area contributed by atoms with Gasteiger partial charge in [0.05, 0.1) is 29.1 Å². The molecule has 0 spiro atoms. The summed E-state index contributed by atoms with van der Waals surface area (Å²) in [6, 6.07) is 33.8. The van der Waals surface area contributed by atoms with Crippen molar-refractivity contribution < 1.29 is 9.47 Å². The van der Waals surface area contributed by atoms with Crippen LogP contribution in [-0.2, 0) is 0 Å². The molecular weight excluding hydrogens is 695 g/mol. The normalized spacial score (nSPS) is 17.9. The largest absolute Gasteiger partial charge is 0.487 e. The van der Waals surface area contributed by atoms with Crippen LogP contribution in [0.3, 0.4) is 0 Å². The summed E-state index contributed by atoms with van der Waals surface area (Å²) in [4.78, 5) is 17.7. The Labute approximate surface area is 316 Å². The second kappa shape index (κ2) is 15.3. The number of benzene rings is 6. The van der Waals surface area contributed by atoms with Crippen LogP contribution < -0.4 is 60.7 Å². The first-order valence-electron chi connectivity index (χ1n) is 17.6. The maximum Gasteiger partial charge on any atom is 0.191 e. The number of aliphatic imine (C=N–C) groups is 4. The molecule has 1 aliphatic rings. The van der Waals surface area contributed by atoms with E-state index in [1.54, 1.807) is 0 Å². The van der Waals surface area contributed by atoms with E-state index in [0.29, 0.717) is 41.4 Å². The second-order valence-corrected chi connectivity index (χ2v) is 13.2. The van der Waals surface area contributed by atoms with Crippen LogP contribution in [-0.4, -0.2) is 48.1 Å². The summed E-state index contributed by atoms with van der Waals surface area (Å²) in [5.41, 5.74) is 49.4. The molecule has 1 fully saturated rings. The minimum absolute atomic E-state index is 0.0329. The molecule has 0 aliphatic heterocycles. The molecule has 0 saturated heterocycles. The molecule has 17 N–H and O–H groups in total. The van der Waals surface area contributed by atoms with Gasteiger partial charge in [-0.2, -0.15) is 0 Å². The van der Waals surface area contributed by atoms with Crippen LogP contribution in [0.15, 0.2) is 129 Å². The quantitative estimate of drug-likeness (QED) is 0.0716. The first-order valence-corrected chi connectivity index (χ1v) is 17.6. The van der Waals surface area contributed by atoms with Crippen molar-refractivity contribution >= 4 is 78.9 Å². The Morgan fingerprint density at radius 3 is 1.35 bits per heavy atom. The summed E-state index contributed by atoms with van der Waals surface area (Å²) < 4.78 is 13.9. The van der Waals surface area contributed by atoms with Gasteiger partial charge in [0.1, 0.15) is 23.7 Å². The van der Waals surface area contributed by atoms with Crippen molar-refractivity contribution in [2.75, 3.05) is 5.32 Å². The highest BCUT2D eigenvalue weighted by Crippen LogP contribution is 2.40. The number of nitrogens with one attached hydrogen (secondary N) is 1. The topological polar surface area (TPSA) is 288 Å². The highest BCUT2D eigenvalue weighted by Gasteiger charge is 2.41. The Balaban J connectivity index is 1.32. The monoisotopic (exact) mass is 737 g/mol. The molecule has 4 atom stereocenters. The molecule has 0 heterocycles. The number of nitrogens with zero attached hydrogens (tertiary/aromatic N) is 4. The molecule has 55 heavy (non-hydrogen) atoms. The molecule has 0 bridgehead atoms. The Kier molecular flexibility index (Phi) is 9.99. The molecule has 0 unspecified atom stereocenters. The SMILES string of the molecule is NC(N)=Nc1ccc(N[C@H]2C[C@@H](N=C(N)N)[C@H](Oc3ccc(N=C(N)N)c4ccccc34)C[C@@H]2Oc2ccc(N=C(N)N)c3ccccc23)c2ccccc12. The first-order chi connectivity index (χ1) is 26.5. The second-order valence-electron chi connectivity index (χ2n) is 13.2. The van der Waals surface area contributed by atoms with E-state index in [2.05, 4.69) is 20.3 Å². The molecule has 6 aromatic carbocycles. The maximum atomic E-state index is 7.01. The molecule has 0 amide bonds. The highest BCUT2D eigenvalue weighted by molar-refractivity contribution is 6.03. The lowest BCUT2D eigenvalue weighted by atomic mass is 9.85. The molecule has 280 valence electrons. The van der Waals surface area contributed by atoms with Crippen LogP contribution in [0, 0.1) is 0 Å². The van der Waals surface area contributed by atoms with Gasteiger partial charge in [-0.3, -0.25) is 0 Å². The third kappa shape index (κ3) is 7.85. The minimum atomic E-state index is -0.518. The summed E-state index contributed by atoms with van der Waals surface area (Å²) in [5.74, 6) is 1.07. The molecule has 7 rings (SSSR count). The van der Waals surface area contributed by atoms with E-state index >= 15 is 0 Å². The van der Waals surface area contributed by atoms with Crippen molar-refractivity contribution in [1.29, 1.82) is 0 Å². The number of hydrogen-bond donors (Lipinski definition) is 9. The number of rotatable bonds is 10. The average molecular weight is 738 g/mol. The lowest BCUT2D eigenvalue weighted by molar-refractivity contribution is 0.0477. The Morgan fingerprint density at radius 1 is 0.455 bits per heavy atom. The summed E-state index contributed by atoms with van der Waals surface area (Å²) in [6.07, 6.45) is -0.158. The predicted octanol–water partition coefficient (Wildman–Crippen LogP) is 3.97. The molecule has 15 nitrogen and oxygen atoms in total. The van der Waals surface area contributed by atoms with Crippen LogP contribution in [0.2, 0.25) is 0 Å². The van der Waals surface area contributed by atoms with E-state index in [1.807, 2.05) is 109 Å². The van der Waals surface area contributed by atoms with E-state index in [4.69, 9.17) is 60.3 Å². The number of fused-ring (bicyclic) bond motifs is 3. The zero-order valence-corrected chi connectivity index (χ0v) is 29.8. The fourth-order valence-electron chi connectivity index (χ4n) is 7.21. The molecule has 1 saturated carbocycles. The number of nitrogens with two attached hydrogens (primary N) is 8. The first kappa shape index (κ1) is 36.0. The number of ether oxygens (including phenoxy) is 2. The van der Waals surface area contributed by atoms with E-state index in [0.717, 1.165) is 38.0 Å². The van der Waals surface area contributed by atoms with E-state index in [9.17, 15) is 0 Å². The molecule has 6 aromatic rings. The van der Waals surface area contributed by atoms with Gasteiger partial charge in [-0.25, -0.2) is 20.0 Å². The number of anilines is 1. The van der Waals surface area contributed by atoms with Gasteiger partial charge in [0.2, 0.25) is 0 Å². The molecule has 1 aliphatic carbocycles. The molecular formula is C40H43N13O2. The summed E-state index contributed by atoms with van der Waals surface area (Å²) >= 11 is 0. The van der Waals surface area contributed by atoms with Crippen molar-refractivity contribution in [3.63, 3.8) is 0 Å². The van der Waals surface area contributed by atoms with Crippen molar-refractivity contribution in [1.82, 2.24) is 0 Å². The van der Waals surface area contributed by atoms with Crippen LogP contribution in [0.25, 0.3) is 32.3 Å². The predicted molar refractivity (Wildman–Crippen MR) is 223 cm³/mol. The zero-order chi connectivity index (χ0) is 38.6. The lowest BCUT2D eigenvalue weighted by Crippen LogP contribution is -2.52. The van der Waals surface area contributed by atoms with Crippen LogP contribution >= 0.6 is 0 Å². The average Bonchev–Trinajstić information content (AvgIpc) is 3.15. The number of guanidine groups is 4. The summed E-state index contributed by atoms with van der Waals surface area (Å²) in [7, 11) is 0. The minimum Gasteiger partial charge on any atom is -0.487 e. The van der Waals surface area contributed by atoms with Crippen LogP contribution in [0.5, 0.6) is 11.5 Å². The van der Waals surface area contributed by atoms with Gasteiger partial charge in [0.15, 0.2) is 23.8 Å². The Hall–Kier alpha value is -7.42. The summed E-state index contributed by atoms with van der Waals surface area (Å²) in [5, 5.41) is 8.85. The van der Waals surface area contributed by atoms with E-state index in [-0.39, 0.29) is 29.9 Å². The number of hydrogen-bond acceptors (Lipinski definition) is 7. The van der Waals surface area contributed by atoms with E-state index in [1.165, 1.54) is 0 Å². The van der Waals surface area contributed by atoms with Gasteiger partial charge in [-0.15, -0.1) is 0 Å². The third-order valence-corrected chi connectivity index (χ3v) is 9.42. The fraction of sp³-hybridized carbons (Fsp3) is 0.150. The highest BCUT2D eigenvalue weighted by atomic mass is 16.5.